The first kappa shape index (κ1) is 13.7. The first-order chi connectivity index (χ1) is 8.08. The van der Waals surface area contributed by atoms with Gasteiger partial charge in [0.2, 0.25) is 0 Å². The highest BCUT2D eigenvalue weighted by Crippen LogP contribution is 2.25. The fourth-order valence-corrected chi connectivity index (χ4v) is 2.30. The van der Waals surface area contributed by atoms with Crippen LogP contribution in [0.2, 0.25) is 0 Å². The molecule has 1 unspecified atom stereocenters. The quantitative estimate of drug-likeness (QED) is 0.607. The number of rotatable bonds is 5. The fourth-order valence-electron chi connectivity index (χ4n) is 1.24. The Balaban J connectivity index is 2.94. The van der Waals surface area contributed by atoms with Crippen molar-refractivity contribution in [2.75, 3.05) is 12.4 Å². The Kier molecular flexibility index (Phi) is 5.16. The molecule has 0 heterocycles. The Labute approximate surface area is 104 Å². The van der Waals surface area contributed by atoms with Crippen LogP contribution in [0.4, 0.5) is 0 Å². The van der Waals surface area contributed by atoms with Gasteiger partial charge in [0.05, 0.1) is 24.3 Å². The summed E-state index contributed by atoms with van der Waals surface area (Å²) < 4.78 is 0. The van der Waals surface area contributed by atoms with Crippen LogP contribution < -0.4 is 0 Å². The normalized spacial score (nSPS) is 11.9. The summed E-state index contributed by atoms with van der Waals surface area (Å²) in [4.78, 5) is 12.0. The van der Waals surface area contributed by atoms with Crippen LogP contribution in [0.1, 0.15) is 22.8 Å². The van der Waals surface area contributed by atoms with Crippen molar-refractivity contribution in [2.24, 2.45) is 0 Å². The Morgan fingerprint density at radius 1 is 1.59 bits per heavy atom. The molecule has 5 heteroatoms. The predicted molar refractivity (Wildman–Crippen MR) is 65.0 cm³/mol. The molecular formula is C12H13NO3S. The molecule has 1 rings (SSSR count). The number of benzene rings is 1. The van der Waals surface area contributed by atoms with E-state index in [-0.39, 0.29) is 18.1 Å². The van der Waals surface area contributed by atoms with Gasteiger partial charge in [0.25, 0.3) is 0 Å². The minimum absolute atomic E-state index is 0.0875. The summed E-state index contributed by atoms with van der Waals surface area (Å²) >= 11 is 1.26. The second kappa shape index (κ2) is 6.40. The maximum atomic E-state index is 11.4. The summed E-state index contributed by atoms with van der Waals surface area (Å²) in [7, 11) is 0. The van der Waals surface area contributed by atoms with Crippen LogP contribution in [0.25, 0.3) is 0 Å². The highest BCUT2D eigenvalue weighted by Gasteiger charge is 2.11. The molecule has 0 aliphatic carbocycles. The Hall–Kier alpha value is -1.35. The number of nitrogens with zero attached hydrogens (tertiary/aromatic N) is 1. The molecule has 90 valence electrons. The molecule has 17 heavy (non-hydrogen) atoms. The molecule has 0 amide bonds. The lowest BCUT2D eigenvalue weighted by atomic mass is 10.1. The summed E-state index contributed by atoms with van der Waals surface area (Å²) in [6.07, 6.45) is -0.828. The zero-order chi connectivity index (χ0) is 12.8. The number of hydrogen-bond donors (Lipinski definition) is 2. The number of thioether (sulfide) groups is 1. The molecule has 1 aromatic carbocycles. The van der Waals surface area contributed by atoms with E-state index in [1.54, 1.807) is 18.2 Å². The second-order valence-electron chi connectivity index (χ2n) is 3.53. The van der Waals surface area contributed by atoms with Gasteiger partial charge in [0.1, 0.15) is 0 Å². The Bertz CT molecular complexity index is 454. The first-order valence-electron chi connectivity index (χ1n) is 5.05. The Morgan fingerprint density at radius 2 is 2.29 bits per heavy atom. The second-order valence-corrected chi connectivity index (χ2v) is 4.59. The monoisotopic (exact) mass is 251 g/mol. The molecule has 0 aliphatic heterocycles. The third-order valence-corrected chi connectivity index (χ3v) is 3.33. The van der Waals surface area contributed by atoms with Crippen LogP contribution in [0.15, 0.2) is 23.1 Å². The van der Waals surface area contributed by atoms with Crippen molar-refractivity contribution in [1.82, 2.24) is 0 Å². The highest BCUT2D eigenvalue weighted by molar-refractivity contribution is 7.99. The topological polar surface area (TPSA) is 81.3 Å². The minimum Gasteiger partial charge on any atom is -0.394 e. The average Bonchev–Trinajstić information content (AvgIpc) is 2.35. The molecule has 0 aliphatic rings. The van der Waals surface area contributed by atoms with Crippen LogP contribution in [-0.2, 0) is 0 Å². The van der Waals surface area contributed by atoms with Crippen LogP contribution in [-0.4, -0.2) is 34.5 Å². The number of carbonyl (C=O) groups excluding carboxylic acids is 1. The van der Waals surface area contributed by atoms with Gasteiger partial charge in [-0.3, -0.25) is 4.79 Å². The van der Waals surface area contributed by atoms with E-state index in [1.807, 2.05) is 6.07 Å². The number of aliphatic hydroxyl groups excluding tert-OH is 2. The van der Waals surface area contributed by atoms with E-state index in [2.05, 4.69) is 0 Å². The van der Waals surface area contributed by atoms with Crippen LogP contribution >= 0.6 is 11.8 Å². The molecule has 1 aromatic rings. The summed E-state index contributed by atoms with van der Waals surface area (Å²) in [6.45, 7) is 1.13. The molecule has 0 bridgehead atoms. The van der Waals surface area contributed by atoms with Gasteiger partial charge in [-0.2, -0.15) is 5.26 Å². The highest BCUT2D eigenvalue weighted by atomic mass is 32.2. The molecule has 0 aromatic heterocycles. The minimum atomic E-state index is -0.828. The summed E-state index contributed by atoms with van der Waals surface area (Å²) in [5, 5.41) is 26.7. The number of Topliss-reactive ketones (excluding diaryl/α,β-unsaturated/α-hetero) is 1. The molecule has 0 fully saturated rings. The standard InChI is InChI=1S/C12H13NO3S/c1-8(15)11-3-2-9(5-13)4-12(11)17-7-10(16)6-14/h2-4,10,14,16H,6-7H2,1H3. The summed E-state index contributed by atoms with van der Waals surface area (Å²) in [5.41, 5.74) is 0.995. The molecule has 2 N–H and O–H groups in total. The van der Waals surface area contributed by atoms with Gasteiger partial charge in [-0.15, -0.1) is 11.8 Å². The molecular weight excluding hydrogens is 238 g/mol. The maximum absolute atomic E-state index is 11.4. The van der Waals surface area contributed by atoms with Crippen LogP contribution in [0, 0.1) is 11.3 Å². The molecule has 1 atom stereocenters. The lowest BCUT2D eigenvalue weighted by Crippen LogP contribution is -2.14. The number of carbonyl (C=O) groups is 1. The third kappa shape index (κ3) is 3.86. The van der Waals surface area contributed by atoms with Crippen molar-refractivity contribution in [3.63, 3.8) is 0 Å². The molecule has 0 saturated heterocycles. The number of nitriles is 1. The largest absolute Gasteiger partial charge is 0.394 e. The zero-order valence-corrected chi connectivity index (χ0v) is 10.2. The van der Waals surface area contributed by atoms with Gasteiger partial charge >= 0.3 is 0 Å². The number of ketones is 1. The predicted octanol–water partition coefficient (Wildman–Crippen LogP) is 1.21. The van der Waals surface area contributed by atoms with E-state index in [0.717, 1.165) is 0 Å². The Morgan fingerprint density at radius 3 is 2.82 bits per heavy atom. The summed E-state index contributed by atoms with van der Waals surface area (Å²) in [5.74, 6) is 0.196. The number of hydrogen-bond acceptors (Lipinski definition) is 5. The van der Waals surface area contributed by atoms with Gasteiger partial charge in [0.15, 0.2) is 5.78 Å². The van der Waals surface area contributed by atoms with Crippen molar-refractivity contribution >= 4 is 17.5 Å². The van der Waals surface area contributed by atoms with E-state index >= 15 is 0 Å². The smallest absolute Gasteiger partial charge is 0.160 e. The lowest BCUT2D eigenvalue weighted by molar-refractivity contribution is 0.101. The molecule has 4 nitrogen and oxygen atoms in total. The van der Waals surface area contributed by atoms with Crippen LogP contribution in [0.5, 0.6) is 0 Å². The van der Waals surface area contributed by atoms with Gasteiger partial charge in [-0.1, -0.05) is 0 Å². The van der Waals surface area contributed by atoms with E-state index in [1.165, 1.54) is 18.7 Å². The van der Waals surface area contributed by atoms with E-state index in [9.17, 15) is 9.90 Å². The average molecular weight is 251 g/mol. The van der Waals surface area contributed by atoms with Crippen molar-refractivity contribution < 1.29 is 15.0 Å². The zero-order valence-electron chi connectivity index (χ0n) is 9.38. The van der Waals surface area contributed by atoms with E-state index in [4.69, 9.17) is 10.4 Å². The van der Waals surface area contributed by atoms with Gasteiger partial charge < -0.3 is 10.2 Å². The van der Waals surface area contributed by atoms with Crippen molar-refractivity contribution in [3.8, 4) is 6.07 Å². The maximum Gasteiger partial charge on any atom is 0.160 e. The SMILES string of the molecule is CC(=O)c1ccc(C#N)cc1SCC(O)CO. The molecule has 0 spiro atoms. The summed E-state index contributed by atoms with van der Waals surface area (Å²) in [6, 6.07) is 6.81. The van der Waals surface area contributed by atoms with Gasteiger partial charge in [-0.25, -0.2) is 0 Å². The van der Waals surface area contributed by atoms with Crippen molar-refractivity contribution in [1.29, 1.82) is 5.26 Å². The first-order valence-corrected chi connectivity index (χ1v) is 6.04. The fraction of sp³-hybridized carbons (Fsp3) is 0.333. The van der Waals surface area contributed by atoms with Gasteiger partial charge in [0, 0.05) is 16.2 Å². The van der Waals surface area contributed by atoms with E-state index < -0.39 is 6.10 Å². The van der Waals surface area contributed by atoms with Gasteiger partial charge in [-0.05, 0) is 25.1 Å². The van der Waals surface area contributed by atoms with Crippen LogP contribution in [0.3, 0.4) is 0 Å². The number of aliphatic hydroxyl groups is 2. The van der Waals surface area contributed by atoms with E-state index in [0.29, 0.717) is 16.0 Å². The third-order valence-electron chi connectivity index (χ3n) is 2.13. The molecule has 0 saturated carbocycles. The molecule has 0 radical (unpaired) electrons. The van der Waals surface area contributed by atoms with Crippen molar-refractivity contribution in [3.05, 3.63) is 29.3 Å². The lowest BCUT2D eigenvalue weighted by Gasteiger charge is -2.09. The van der Waals surface area contributed by atoms with Crippen molar-refractivity contribution in [2.45, 2.75) is 17.9 Å².